The van der Waals surface area contributed by atoms with E-state index in [2.05, 4.69) is 0 Å². The van der Waals surface area contributed by atoms with Gasteiger partial charge in [0.05, 0.1) is 5.60 Å². The summed E-state index contributed by atoms with van der Waals surface area (Å²) in [5.41, 5.74) is 3.15. The van der Waals surface area contributed by atoms with Crippen LogP contribution in [0.25, 0.3) is 0 Å². The van der Waals surface area contributed by atoms with Crippen LogP contribution in [-0.4, -0.2) is 40.0 Å². The molecule has 0 aliphatic carbocycles. The summed E-state index contributed by atoms with van der Waals surface area (Å²) in [5, 5.41) is 19.3. The fourth-order valence-electron chi connectivity index (χ4n) is 1.05. The number of hydrogen-bond acceptors (Lipinski definition) is 5. The molecule has 0 aromatic rings. The van der Waals surface area contributed by atoms with E-state index in [-0.39, 0.29) is 18.6 Å². The maximum absolute atomic E-state index is 11.8. The zero-order valence-corrected chi connectivity index (χ0v) is 10.7. The molecule has 0 saturated carbocycles. The molecule has 0 radical (unpaired) electrons. The van der Waals surface area contributed by atoms with Gasteiger partial charge in [-0.3, -0.25) is 4.79 Å². The van der Waals surface area contributed by atoms with Crippen LogP contribution in [0.2, 0.25) is 0 Å². The topological polar surface area (TPSA) is 92.8 Å². The van der Waals surface area contributed by atoms with Crippen molar-refractivity contribution in [3.63, 3.8) is 0 Å². The van der Waals surface area contributed by atoms with Crippen molar-refractivity contribution in [2.24, 2.45) is 5.73 Å². The monoisotopic (exact) mass is 233 g/mol. The second-order valence-corrected chi connectivity index (χ2v) is 5.06. The molecule has 0 saturated heterocycles. The summed E-state index contributed by atoms with van der Waals surface area (Å²) in [6.45, 7) is 5.92. The highest BCUT2D eigenvalue weighted by molar-refractivity contribution is 5.89. The number of Topliss-reactive ketones (excluding diaryl/α,β-unsaturated/α-hetero) is 1. The van der Waals surface area contributed by atoms with Gasteiger partial charge in [0.2, 0.25) is 0 Å². The SMILES string of the molecule is COC(C)(O)CCC(=O)C(C)(N)C(C)(C)O. The fourth-order valence-corrected chi connectivity index (χ4v) is 1.05. The van der Waals surface area contributed by atoms with Crippen LogP contribution in [0, 0.1) is 0 Å². The predicted octanol–water partition coefficient (Wildman–Crippen LogP) is 0.179. The summed E-state index contributed by atoms with van der Waals surface area (Å²) in [4.78, 5) is 11.8. The van der Waals surface area contributed by atoms with Gasteiger partial charge in [-0.1, -0.05) is 0 Å². The van der Waals surface area contributed by atoms with Crippen molar-refractivity contribution in [2.45, 2.75) is 57.5 Å². The van der Waals surface area contributed by atoms with E-state index in [4.69, 9.17) is 10.5 Å². The Kier molecular flexibility index (Phi) is 4.64. The van der Waals surface area contributed by atoms with Gasteiger partial charge in [-0.05, 0) is 27.7 Å². The minimum Gasteiger partial charge on any atom is -0.388 e. The van der Waals surface area contributed by atoms with Crippen LogP contribution >= 0.6 is 0 Å². The minimum absolute atomic E-state index is 0.0534. The number of carbonyl (C=O) groups excluding carboxylic acids is 1. The Labute approximate surface area is 96.6 Å². The Morgan fingerprint density at radius 1 is 1.25 bits per heavy atom. The molecule has 4 N–H and O–H groups in total. The largest absolute Gasteiger partial charge is 0.388 e. The normalized spacial score (nSPS) is 20.0. The first-order chi connectivity index (χ1) is 6.94. The smallest absolute Gasteiger partial charge is 0.162 e. The summed E-state index contributed by atoms with van der Waals surface area (Å²) in [5.74, 6) is -1.65. The van der Waals surface area contributed by atoms with Crippen LogP contribution < -0.4 is 5.73 Å². The zero-order chi connectivity index (χ0) is 13.2. The lowest BCUT2D eigenvalue weighted by atomic mass is 9.79. The molecule has 2 atom stereocenters. The molecule has 0 rings (SSSR count). The summed E-state index contributed by atoms with van der Waals surface area (Å²) in [6, 6.07) is 0. The number of ether oxygens (including phenoxy) is 1. The summed E-state index contributed by atoms with van der Waals surface area (Å²) in [6.07, 6.45) is 0.197. The van der Waals surface area contributed by atoms with Crippen LogP contribution in [0.3, 0.4) is 0 Å². The summed E-state index contributed by atoms with van der Waals surface area (Å²) >= 11 is 0. The number of rotatable bonds is 6. The number of hydrogen-bond donors (Lipinski definition) is 3. The number of nitrogens with two attached hydrogens (primary N) is 1. The van der Waals surface area contributed by atoms with E-state index in [0.29, 0.717) is 0 Å². The molecule has 0 heterocycles. The van der Waals surface area contributed by atoms with E-state index >= 15 is 0 Å². The van der Waals surface area contributed by atoms with Crippen molar-refractivity contribution < 1.29 is 19.7 Å². The molecule has 5 heteroatoms. The Hall–Kier alpha value is -0.490. The molecule has 5 nitrogen and oxygen atoms in total. The molecule has 0 aromatic carbocycles. The summed E-state index contributed by atoms with van der Waals surface area (Å²) in [7, 11) is 1.36. The van der Waals surface area contributed by atoms with E-state index in [1.165, 1.54) is 34.8 Å². The van der Waals surface area contributed by atoms with Gasteiger partial charge < -0.3 is 20.7 Å². The zero-order valence-electron chi connectivity index (χ0n) is 10.7. The molecule has 0 aliphatic rings. The average Bonchev–Trinajstić information content (AvgIpc) is 2.12. The molecule has 0 aliphatic heterocycles. The van der Waals surface area contributed by atoms with Crippen LogP contribution in [0.1, 0.15) is 40.5 Å². The summed E-state index contributed by atoms with van der Waals surface area (Å²) < 4.78 is 4.79. The van der Waals surface area contributed by atoms with E-state index in [0.717, 1.165) is 0 Å². The van der Waals surface area contributed by atoms with Crippen molar-refractivity contribution in [1.82, 2.24) is 0 Å². The molecular formula is C11H23NO4. The van der Waals surface area contributed by atoms with Gasteiger partial charge in [-0.25, -0.2) is 0 Å². The third-order valence-electron chi connectivity index (χ3n) is 3.11. The highest BCUT2D eigenvalue weighted by atomic mass is 16.6. The quantitative estimate of drug-likeness (QED) is 0.569. The maximum Gasteiger partial charge on any atom is 0.162 e. The fraction of sp³-hybridized carbons (Fsp3) is 0.909. The molecule has 0 amide bonds. The first-order valence-corrected chi connectivity index (χ1v) is 5.26. The highest BCUT2D eigenvalue weighted by Crippen LogP contribution is 2.23. The van der Waals surface area contributed by atoms with Gasteiger partial charge in [0.25, 0.3) is 0 Å². The van der Waals surface area contributed by atoms with Crippen LogP contribution in [0.5, 0.6) is 0 Å². The Balaban J connectivity index is 4.50. The number of ketones is 1. The van der Waals surface area contributed by atoms with Crippen molar-refractivity contribution in [2.75, 3.05) is 7.11 Å². The maximum atomic E-state index is 11.8. The first kappa shape index (κ1) is 15.5. The lowest BCUT2D eigenvalue weighted by Crippen LogP contribution is -2.60. The Morgan fingerprint density at radius 2 is 1.69 bits per heavy atom. The van der Waals surface area contributed by atoms with Gasteiger partial charge in [0.15, 0.2) is 11.6 Å². The highest BCUT2D eigenvalue weighted by Gasteiger charge is 2.42. The third-order valence-corrected chi connectivity index (χ3v) is 3.11. The third kappa shape index (κ3) is 3.83. The Bertz CT molecular complexity index is 253. The first-order valence-electron chi connectivity index (χ1n) is 5.26. The molecule has 0 spiro atoms. The predicted molar refractivity (Wildman–Crippen MR) is 60.8 cm³/mol. The van der Waals surface area contributed by atoms with Gasteiger partial charge in [-0.15, -0.1) is 0 Å². The van der Waals surface area contributed by atoms with Crippen molar-refractivity contribution in [1.29, 1.82) is 0 Å². The molecule has 0 aromatic heterocycles. The van der Waals surface area contributed by atoms with E-state index in [1.54, 1.807) is 0 Å². The number of methoxy groups -OCH3 is 1. The van der Waals surface area contributed by atoms with Gasteiger partial charge in [0.1, 0.15) is 5.54 Å². The minimum atomic E-state index is -1.34. The van der Waals surface area contributed by atoms with Crippen molar-refractivity contribution in [3.8, 4) is 0 Å². The molecule has 16 heavy (non-hydrogen) atoms. The molecule has 0 fully saturated rings. The lowest BCUT2D eigenvalue weighted by molar-refractivity contribution is -0.178. The average molecular weight is 233 g/mol. The van der Waals surface area contributed by atoms with E-state index < -0.39 is 16.9 Å². The number of carbonyl (C=O) groups is 1. The number of aliphatic hydroxyl groups is 2. The lowest BCUT2D eigenvalue weighted by Gasteiger charge is -2.36. The molecule has 0 bridgehead atoms. The van der Waals surface area contributed by atoms with Crippen molar-refractivity contribution in [3.05, 3.63) is 0 Å². The second kappa shape index (κ2) is 4.79. The second-order valence-electron chi connectivity index (χ2n) is 5.06. The van der Waals surface area contributed by atoms with E-state index in [1.807, 2.05) is 0 Å². The van der Waals surface area contributed by atoms with Crippen molar-refractivity contribution >= 4 is 5.78 Å². The standard InChI is InChI=1S/C11H23NO4/c1-9(2,14)11(4,12)8(13)6-7-10(3,15)16-5/h14-15H,6-7,12H2,1-5H3. The van der Waals surface area contributed by atoms with Gasteiger partial charge in [-0.2, -0.15) is 0 Å². The van der Waals surface area contributed by atoms with Gasteiger partial charge in [0, 0.05) is 20.0 Å². The van der Waals surface area contributed by atoms with Crippen LogP contribution in [-0.2, 0) is 9.53 Å². The molecule has 96 valence electrons. The Morgan fingerprint density at radius 3 is 2.00 bits per heavy atom. The van der Waals surface area contributed by atoms with E-state index in [9.17, 15) is 15.0 Å². The van der Waals surface area contributed by atoms with Crippen LogP contribution in [0.4, 0.5) is 0 Å². The molecular weight excluding hydrogens is 210 g/mol. The van der Waals surface area contributed by atoms with Gasteiger partial charge >= 0.3 is 0 Å². The van der Waals surface area contributed by atoms with Crippen LogP contribution in [0.15, 0.2) is 0 Å². The molecule has 2 unspecified atom stereocenters.